The van der Waals surface area contributed by atoms with E-state index in [1.807, 2.05) is 0 Å². The molecule has 4 heteroatoms. The molecule has 1 amide bonds. The van der Waals surface area contributed by atoms with Gasteiger partial charge in [0.1, 0.15) is 0 Å². The minimum absolute atomic E-state index is 0.0753. The van der Waals surface area contributed by atoms with E-state index < -0.39 is 21.5 Å². The molecule has 0 heterocycles. The second-order valence-electron chi connectivity index (χ2n) is 12.5. The van der Waals surface area contributed by atoms with Crippen LogP contribution >= 0.6 is 0 Å². The van der Waals surface area contributed by atoms with Gasteiger partial charge in [-0.3, -0.25) is 0 Å². The molecule has 0 atom stereocenters. The number of carbonyl (C=O) groups excluding carboxylic acids is 1. The molecule has 2 nitrogen and oxygen atoms in total. The summed E-state index contributed by atoms with van der Waals surface area (Å²) in [5.74, 6) is 0.620. The number of amides is 1. The molecule has 0 saturated heterocycles. The van der Waals surface area contributed by atoms with Crippen molar-refractivity contribution in [1.29, 1.82) is 0 Å². The van der Waals surface area contributed by atoms with E-state index in [9.17, 15) is 4.79 Å². The van der Waals surface area contributed by atoms with E-state index in [4.69, 9.17) is 0 Å². The maximum absolute atomic E-state index is 13.9. The molecule has 0 spiro atoms. The van der Waals surface area contributed by atoms with Gasteiger partial charge >= 0.3 is 197 Å². The first-order valence-electron chi connectivity index (χ1n) is 13.3. The number of nitrogens with one attached hydrogen (secondary N) is 1. The van der Waals surface area contributed by atoms with Crippen molar-refractivity contribution in [1.82, 2.24) is 3.80 Å². The van der Waals surface area contributed by atoms with Crippen LogP contribution in [0.3, 0.4) is 0 Å². The molecule has 0 aromatic heterocycles. The molecule has 0 aromatic rings. The molecule has 0 radical (unpaired) electrons. The van der Waals surface area contributed by atoms with Crippen molar-refractivity contribution in [2.24, 2.45) is 11.3 Å². The molecular formula is C27H52NOSiTi. The second kappa shape index (κ2) is 10.4. The van der Waals surface area contributed by atoms with Gasteiger partial charge in [-0.1, -0.05) is 0 Å². The Labute approximate surface area is 196 Å². The standard InChI is InChI=1S/C13H25NO.C10H15.C2H7Si.2CH3.Ti/c14-13(15)12-10-8-6-4-2-1-3-5-7-9-11-12;1-7-6-10(4,5)9(3)8(7)2;1-3-2;;;/h12H,1-11H2,(H2,14,15);1-5H3;3H,1-2H3;2*1H3;/q;;;;;+1/p-1. The Morgan fingerprint density at radius 3 is 1.61 bits per heavy atom. The number of rotatable bonds is 4. The normalized spacial score (nSPS) is 23.9. The summed E-state index contributed by atoms with van der Waals surface area (Å²) in [5.41, 5.74) is 4.54. The van der Waals surface area contributed by atoms with Gasteiger partial charge in [-0.2, -0.15) is 0 Å². The van der Waals surface area contributed by atoms with Crippen molar-refractivity contribution in [2.45, 2.75) is 129 Å². The zero-order valence-electron chi connectivity index (χ0n) is 22.3. The SMILES string of the molecule is CC1=C(C)C(C)(C)[C]([Ti]([CH3])([CH3])([NH]C(=O)C2CCCCCCCCCCC2)[SiH](C)C)=C1C. The van der Waals surface area contributed by atoms with Crippen molar-refractivity contribution >= 4 is 12.6 Å². The molecule has 1 fully saturated rings. The van der Waals surface area contributed by atoms with Crippen LogP contribution in [0, 0.1) is 11.3 Å². The van der Waals surface area contributed by atoms with Gasteiger partial charge in [0.05, 0.1) is 0 Å². The summed E-state index contributed by atoms with van der Waals surface area (Å²) < 4.78 is 5.61. The van der Waals surface area contributed by atoms with Crippen LogP contribution in [-0.2, 0) is 19.6 Å². The Morgan fingerprint density at radius 2 is 1.26 bits per heavy atom. The van der Waals surface area contributed by atoms with Crippen LogP contribution in [0.1, 0.15) is 105 Å². The second-order valence-corrected chi connectivity index (χ2v) is 36.3. The topological polar surface area (TPSA) is 29.1 Å². The average Bonchev–Trinajstić information content (AvgIpc) is 2.81. The van der Waals surface area contributed by atoms with Crippen LogP contribution in [0.4, 0.5) is 0 Å². The molecule has 179 valence electrons. The molecule has 2 rings (SSSR count). The van der Waals surface area contributed by atoms with Gasteiger partial charge in [-0.25, -0.2) is 0 Å². The van der Waals surface area contributed by atoms with E-state index in [0.717, 1.165) is 12.8 Å². The Bertz CT molecular complexity index is 720. The van der Waals surface area contributed by atoms with Gasteiger partial charge < -0.3 is 0 Å². The molecule has 0 bridgehead atoms. The van der Waals surface area contributed by atoms with Gasteiger partial charge in [-0.05, 0) is 0 Å². The quantitative estimate of drug-likeness (QED) is 0.401. The third kappa shape index (κ3) is 5.69. The van der Waals surface area contributed by atoms with E-state index in [0.29, 0.717) is 5.91 Å². The third-order valence-corrected chi connectivity index (χ3v) is 36.6. The number of carbonyl (C=O) groups is 1. The summed E-state index contributed by atoms with van der Waals surface area (Å²) in [6.45, 7) is 15.6. The van der Waals surface area contributed by atoms with Gasteiger partial charge in [0.25, 0.3) is 0 Å². The molecule has 2 aliphatic rings. The fraction of sp³-hybridized carbons (Fsp3) is 0.815. The van der Waals surface area contributed by atoms with Crippen molar-refractivity contribution < 1.29 is 19.6 Å². The maximum atomic E-state index is 13.9. The number of allylic oxidation sites excluding steroid dienone is 4. The zero-order valence-corrected chi connectivity index (χ0v) is 25.1. The van der Waals surface area contributed by atoms with Crippen LogP contribution in [0.5, 0.6) is 0 Å². The summed E-state index contributed by atoms with van der Waals surface area (Å²) in [4.78, 5) is 13.9. The number of hydrogen-bond donors (Lipinski definition) is 1. The Hall–Kier alpha value is -0.119. The molecule has 0 aromatic carbocycles. The molecule has 31 heavy (non-hydrogen) atoms. The first kappa shape index (κ1) is 27.1. The molecule has 2 aliphatic carbocycles. The van der Waals surface area contributed by atoms with Crippen LogP contribution in [0.2, 0.25) is 23.6 Å². The Kier molecular flexibility index (Phi) is 9.13. The van der Waals surface area contributed by atoms with Gasteiger partial charge in [0.2, 0.25) is 0 Å². The van der Waals surface area contributed by atoms with Crippen LogP contribution in [-0.4, -0.2) is 12.6 Å². The van der Waals surface area contributed by atoms with E-state index >= 15 is 0 Å². The van der Waals surface area contributed by atoms with Gasteiger partial charge in [0.15, 0.2) is 0 Å². The van der Waals surface area contributed by atoms with Gasteiger partial charge in [0, 0.05) is 0 Å². The van der Waals surface area contributed by atoms with Gasteiger partial charge in [-0.15, -0.1) is 0 Å². The zero-order chi connectivity index (χ0) is 23.5. The van der Waals surface area contributed by atoms with Crippen LogP contribution in [0.25, 0.3) is 0 Å². The van der Waals surface area contributed by atoms with E-state index in [2.05, 4.69) is 62.0 Å². The fourth-order valence-electron chi connectivity index (χ4n) is 6.53. The van der Waals surface area contributed by atoms with E-state index in [1.54, 1.807) is 3.88 Å². The predicted octanol–water partition coefficient (Wildman–Crippen LogP) is 8.36. The average molecular weight is 483 g/mol. The Balaban J connectivity index is 2.32. The molecular weight excluding hydrogens is 430 g/mol. The minimum atomic E-state index is -3.39. The number of hydrogen-bond acceptors (Lipinski definition) is 1. The van der Waals surface area contributed by atoms with E-state index in [1.165, 1.54) is 74.5 Å². The monoisotopic (exact) mass is 482 g/mol. The van der Waals surface area contributed by atoms with E-state index in [-0.39, 0.29) is 11.3 Å². The molecule has 0 aliphatic heterocycles. The summed E-state index contributed by atoms with van der Waals surface area (Å²) in [7, 11) is 0. The summed E-state index contributed by atoms with van der Waals surface area (Å²) in [6, 6.07) is 0. The first-order valence-corrected chi connectivity index (χ1v) is 23.5. The van der Waals surface area contributed by atoms with Crippen LogP contribution in [0.15, 0.2) is 20.6 Å². The van der Waals surface area contributed by atoms with Crippen molar-refractivity contribution in [3.05, 3.63) is 20.6 Å². The van der Waals surface area contributed by atoms with Crippen molar-refractivity contribution in [3.63, 3.8) is 0 Å². The van der Waals surface area contributed by atoms with Crippen LogP contribution < -0.4 is 3.80 Å². The van der Waals surface area contributed by atoms with Crippen molar-refractivity contribution in [2.75, 3.05) is 0 Å². The first-order chi connectivity index (χ1) is 14.3. The summed E-state index contributed by atoms with van der Waals surface area (Å²) >= 11 is -3.39. The summed E-state index contributed by atoms with van der Waals surface area (Å²) in [6.07, 6.45) is 14.1. The molecule has 1 N–H and O–H groups in total. The molecule has 0 unspecified atom stereocenters. The summed E-state index contributed by atoms with van der Waals surface area (Å²) in [5, 5.41) is 5.10. The van der Waals surface area contributed by atoms with Crippen molar-refractivity contribution in [3.8, 4) is 0 Å². The Morgan fingerprint density at radius 1 is 0.839 bits per heavy atom. The molecule has 1 saturated carbocycles. The predicted molar refractivity (Wildman–Crippen MR) is 138 cm³/mol. The fourth-order valence-corrected chi connectivity index (χ4v) is 21.5. The third-order valence-electron chi connectivity index (χ3n) is 9.55.